The van der Waals surface area contributed by atoms with Gasteiger partial charge in [0.15, 0.2) is 17.5 Å². The Bertz CT molecular complexity index is 1900. The van der Waals surface area contributed by atoms with Crippen LogP contribution in [0.1, 0.15) is 45.2 Å². The summed E-state index contributed by atoms with van der Waals surface area (Å²) in [4.78, 5) is 15.0. The fourth-order valence-corrected chi connectivity index (χ4v) is 6.76. The van der Waals surface area contributed by atoms with E-state index in [4.69, 9.17) is 15.0 Å². The van der Waals surface area contributed by atoms with Crippen LogP contribution in [0.15, 0.2) is 115 Å². The van der Waals surface area contributed by atoms with Crippen molar-refractivity contribution in [2.24, 2.45) is 0 Å². The van der Waals surface area contributed by atoms with Crippen molar-refractivity contribution in [1.29, 1.82) is 0 Å². The molecule has 0 saturated heterocycles. The fourth-order valence-electron chi connectivity index (χ4n) is 6.76. The average Bonchev–Trinajstić information content (AvgIpc) is 3.19. The minimum absolute atomic E-state index is 0.102. The number of benzene rings is 5. The molecule has 0 radical (unpaired) electrons. The van der Waals surface area contributed by atoms with Gasteiger partial charge in [0.25, 0.3) is 0 Å². The Labute approximate surface area is 242 Å². The topological polar surface area (TPSA) is 38.7 Å². The van der Waals surface area contributed by atoms with Gasteiger partial charge in [-0.1, -0.05) is 137 Å². The van der Waals surface area contributed by atoms with Crippen molar-refractivity contribution in [3.05, 3.63) is 126 Å². The van der Waals surface area contributed by atoms with E-state index < -0.39 is 0 Å². The summed E-state index contributed by atoms with van der Waals surface area (Å²) in [5, 5.41) is 2.49. The van der Waals surface area contributed by atoms with Crippen molar-refractivity contribution in [2.45, 2.75) is 44.9 Å². The molecule has 1 aliphatic rings. The van der Waals surface area contributed by atoms with Gasteiger partial charge < -0.3 is 0 Å². The maximum atomic E-state index is 5.04. The Morgan fingerprint density at radius 2 is 1.00 bits per heavy atom. The normalized spacial score (nSPS) is 15.1. The van der Waals surface area contributed by atoms with Gasteiger partial charge in [-0.25, -0.2) is 15.0 Å². The molecule has 0 fully saturated rings. The molecule has 41 heavy (non-hydrogen) atoms. The largest absolute Gasteiger partial charge is 0.208 e. The summed E-state index contributed by atoms with van der Waals surface area (Å²) in [5.74, 6) is 2.07. The Morgan fingerprint density at radius 1 is 0.463 bits per heavy atom. The molecule has 3 heteroatoms. The van der Waals surface area contributed by atoms with Crippen LogP contribution in [0.25, 0.3) is 56.1 Å². The molecule has 0 amide bonds. The predicted octanol–water partition coefficient (Wildman–Crippen LogP) is 9.65. The minimum Gasteiger partial charge on any atom is -0.208 e. The third-order valence-electron chi connectivity index (χ3n) is 8.53. The number of nitrogens with zero attached hydrogens (tertiary/aromatic N) is 3. The van der Waals surface area contributed by atoms with Crippen LogP contribution >= 0.6 is 0 Å². The van der Waals surface area contributed by atoms with Gasteiger partial charge in [-0.2, -0.15) is 0 Å². The zero-order valence-corrected chi connectivity index (χ0v) is 24.0. The molecule has 0 N–H and O–H groups in total. The summed E-state index contributed by atoms with van der Waals surface area (Å²) in [7, 11) is 0. The first-order valence-corrected chi connectivity index (χ1v) is 14.3. The molecule has 1 heterocycles. The molecule has 7 rings (SSSR count). The third kappa shape index (κ3) is 4.52. The summed E-state index contributed by atoms with van der Waals surface area (Å²) >= 11 is 0. The second-order valence-corrected chi connectivity index (χ2v) is 12.5. The number of hydrogen-bond donors (Lipinski definition) is 0. The van der Waals surface area contributed by atoms with E-state index in [0.717, 1.165) is 23.1 Å². The van der Waals surface area contributed by atoms with Crippen LogP contribution in [0.5, 0.6) is 0 Å². The highest BCUT2D eigenvalue weighted by molar-refractivity contribution is 5.96. The van der Waals surface area contributed by atoms with Crippen LogP contribution in [0, 0.1) is 0 Å². The molecule has 0 aliphatic heterocycles. The van der Waals surface area contributed by atoms with Gasteiger partial charge in [0, 0.05) is 16.7 Å². The fraction of sp³-hybridized carbons (Fsp3) is 0.184. The van der Waals surface area contributed by atoms with Crippen LogP contribution < -0.4 is 0 Å². The van der Waals surface area contributed by atoms with Crippen molar-refractivity contribution in [3.63, 3.8) is 0 Å². The summed E-state index contributed by atoms with van der Waals surface area (Å²) in [6.07, 6.45) is 1.12. The third-order valence-corrected chi connectivity index (χ3v) is 8.53. The van der Waals surface area contributed by atoms with E-state index >= 15 is 0 Å². The zero-order chi connectivity index (χ0) is 28.2. The van der Waals surface area contributed by atoms with Gasteiger partial charge in [0.2, 0.25) is 0 Å². The Morgan fingerprint density at radius 3 is 1.73 bits per heavy atom. The van der Waals surface area contributed by atoms with Gasteiger partial charge in [-0.05, 0) is 56.3 Å². The van der Waals surface area contributed by atoms with Gasteiger partial charge in [-0.3, -0.25) is 0 Å². The van der Waals surface area contributed by atoms with E-state index in [1.165, 1.54) is 33.0 Å². The molecule has 0 unspecified atom stereocenters. The molecule has 0 bridgehead atoms. The van der Waals surface area contributed by atoms with E-state index in [2.05, 4.69) is 125 Å². The van der Waals surface area contributed by atoms with Gasteiger partial charge >= 0.3 is 0 Å². The van der Waals surface area contributed by atoms with Crippen molar-refractivity contribution in [1.82, 2.24) is 15.0 Å². The molecule has 200 valence electrons. The molecule has 0 spiro atoms. The average molecular weight is 532 g/mol. The number of hydrogen-bond acceptors (Lipinski definition) is 3. The molecule has 1 aromatic heterocycles. The molecule has 3 nitrogen and oxygen atoms in total. The predicted molar refractivity (Wildman–Crippen MR) is 170 cm³/mol. The van der Waals surface area contributed by atoms with Crippen molar-refractivity contribution >= 4 is 10.8 Å². The number of fused-ring (bicyclic) bond motifs is 2. The summed E-state index contributed by atoms with van der Waals surface area (Å²) < 4.78 is 0. The number of rotatable bonds is 4. The van der Waals surface area contributed by atoms with E-state index in [0.29, 0.717) is 17.5 Å². The number of aromatic nitrogens is 3. The first-order chi connectivity index (χ1) is 19.8. The van der Waals surface area contributed by atoms with Crippen LogP contribution in [-0.4, -0.2) is 15.0 Å². The summed E-state index contributed by atoms with van der Waals surface area (Å²) in [5.41, 5.74) is 8.45. The Balaban J connectivity index is 1.34. The molecule has 0 atom stereocenters. The lowest BCUT2D eigenvalue weighted by Gasteiger charge is -2.22. The highest BCUT2D eigenvalue weighted by Crippen LogP contribution is 2.50. The molecule has 1 aliphatic carbocycles. The maximum Gasteiger partial charge on any atom is 0.164 e. The standard InChI is InChI=1S/C38H33N3/c1-37(2)24-38(3,4)33-23-29(21-22-32(33)37)36-40-34(27-12-6-5-7-13-27)39-35(41-36)28-19-17-26(18-20-28)31-16-10-14-25-11-8-9-15-30(25)31/h5-23H,24H2,1-4H3. The van der Waals surface area contributed by atoms with Gasteiger partial charge in [-0.15, -0.1) is 0 Å². The molecule has 6 aromatic rings. The highest BCUT2D eigenvalue weighted by Gasteiger charge is 2.41. The SMILES string of the molecule is CC1(C)CC(C)(C)c2cc(-c3nc(-c4ccccc4)nc(-c4ccc(-c5cccc6ccccc56)cc4)n3)ccc21. The second kappa shape index (κ2) is 9.49. The van der Waals surface area contributed by atoms with E-state index in [9.17, 15) is 0 Å². The molecule has 5 aromatic carbocycles. The zero-order valence-electron chi connectivity index (χ0n) is 24.0. The van der Waals surface area contributed by atoms with Crippen LogP contribution in [0.3, 0.4) is 0 Å². The molecule has 0 saturated carbocycles. The molecular formula is C38H33N3. The van der Waals surface area contributed by atoms with Crippen molar-refractivity contribution in [3.8, 4) is 45.3 Å². The quantitative estimate of drug-likeness (QED) is 0.227. The van der Waals surface area contributed by atoms with Crippen LogP contribution in [0.2, 0.25) is 0 Å². The Kier molecular flexibility index (Phi) is 5.86. The lowest BCUT2D eigenvalue weighted by molar-refractivity contribution is 0.403. The van der Waals surface area contributed by atoms with Crippen molar-refractivity contribution in [2.75, 3.05) is 0 Å². The van der Waals surface area contributed by atoms with Crippen LogP contribution in [-0.2, 0) is 10.8 Å². The van der Waals surface area contributed by atoms with E-state index in [-0.39, 0.29) is 10.8 Å². The smallest absolute Gasteiger partial charge is 0.164 e. The molecular weight excluding hydrogens is 498 g/mol. The first kappa shape index (κ1) is 25.3. The summed E-state index contributed by atoms with van der Waals surface area (Å²) in [6, 6.07) is 40.5. The monoisotopic (exact) mass is 531 g/mol. The first-order valence-electron chi connectivity index (χ1n) is 14.3. The maximum absolute atomic E-state index is 5.04. The van der Waals surface area contributed by atoms with E-state index in [1.54, 1.807) is 0 Å². The Hall–Kier alpha value is -4.63. The minimum atomic E-state index is 0.102. The van der Waals surface area contributed by atoms with Gasteiger partial charge in [0.1, 0.15) is 0 Å². The van der Waals surface area contributed by atoms with E-state index in [1.807, 2.05) is 18.2 Å². The lowest BCUT2D eigenvalue weighted by atomic mass is 9.82. The lowest BCUT2D eigenvalue weighted by Crippen LogP contribution is -2.17. The van der Waals surface area contributed by atoms with Crippen molar-refractivity contribution < 1.29 is 0 Å². The summed E-state index contributed by atoms with van der Waals surface area (Å²) in [6.45, 7) is 9.37. The van der Waals surface area contributed by atoms with Gasteiger partial charge in [0.05, 0.1) is 0 Å². The highest BCUT2D eigenvalue weighted by atomic mass is 15.0. The van der Waals surface area contributed by atoms with Crippen LogP contribution in [0.4, 0.5) is 0 Å². The second-order valence-electron chi connectivity index (χ2n) is 12.5.